The number of hydrogen-bond donors (Lipinski definition) is 2. The molecule has 0 amide bonds. The quantitative estimate of drug-likeness (QED) is 0.732. The number of furan rings is 1. The molecule has 0 saturated carbocycles. The predicted octanol–water partition coefficient (Wildman–Crippen LogP) is 2.62. The van der Waals surface area contributed by atoms with Crippen LogP contribution in [0.1, 0.15) is 29.3 Å². The summed E-state index contributed by atoms with van der Waals surface area (Å²) in [6, 6.07) is 10.9. The van der Waals surface area contributed by atoms with Gasteiger partial charge in [-0.15, -0.1) is 0 Å². The molecular formula is C17H16FN3O2. The van der Waals surface area contributed by atoms with Crippen molar-refractivity contribution in [2.75, 3.05) is 6.54 Å². The Morgan fingerprint density at radius 2 is 1.83 bits per heavy atom. The first-order chi connectivity index (χ1) is 11.2. The van der Waals surface area contributed by atoms with E-state index in [1.165, 1.54) is 18.4 Å². The summed E-state index contributed by atoms with van der Waals surface area (Å²) in [5, 5.41) is 13.3. The van der Waals surface area contributed by atoms with Crippen LogP contribution in [0.4, 0.5) is 4.39 Å². The zero-order valence-electron chi connectivity index (χ0n) is 12.3. The molecule has 5 nitrogen and oxygen atoms in total. The number of aliphatic hydroxyl groups is 1. The van der Waals surface area contributed by atoms with Gasteiger partial charge in [-0.3, -0.25) is 0 Å². The van der Waals surface area contributed by atoms with Crippen LogP contribution < -0.4 is 5.32 Å². The molecule has 3 aromatic rings. The van der Waals surface area contributed by atoms with E-state index in [0.29, 0.717) is 11.6 Å². The summed E-state index contributed by atoms with van der Waals surface area (Å²) in [5.74, 6) is 0.715. The summed E-state index contributed by atoms with van der Waals surface area (Å²) in [5.41, 5.74) is 0.809. The van der Waals surface area contributed by atoms with Crippen LogP contribution in [0.25, 0.3) is 0 Å². The van der Waals surface area contributed by atoms with E-state index >= 15 is 0 Å². The molecule has 2 unspecified atom stereocenters. The van der Waals surface area contributed by atoms with Gasteiger partial charge in [0.2, 0.25) is 0 Å². The van der Waals surface area contributed by atoms with Crippen molar-refractivity contribution < 1.29 is 13.9 Å². The number of halogens is 1. The SMILES string of the molecule is OC(CNC(c1ccc(F)cc1)c1ncccn1)c1ccco1. The maximum absolute atomic E-state index is 13.1. The van der Waals surface area contributed by atoms with E-state index < -0.39 is 6.10 Å². The molecule has 2 N–H and O–H groups in total. The van der Waals surface area contributed by atoms with Crippen LogP contribution in [-0.4, -0.2) is 21.6 Å². The second-order valence-corrected chi connectivity index (χ2v) is 5.03. The maximum atomic E-state index is 13.1. The van der Waals surface area contributed by atoms with Crippen LogP contribution in [0.5, 0.6) is 0 Å². The third kappa shape index (κ3) is 3.80. The summed E-state index contributed by atoms with van der Waals surface area (Å²) in [6.45, 7) is 0.244. The maximum Gasteiger partial charge on any atom is 0.149 e. The number of aromatic nitrogens is 2. The van der Waals surface area contributed by atoms with Crippen LogP contribution in [0.2, 0.25) is 0 Å². The molecule has 2 atom stereocenters. The molecule has 0 saturated heterocycles. The van der Waals surface area contributed by atoms with Crippen molar-refractivity contribution in [2.45, 2.75) is 12.1 Å². The van der Waals surface area contributed by atoms with Crippen molar-refractivity contribution in [2.24, 2.45) is 0 Å². The molecular weight excluding hydrogens is 297 g/mol. The summed E-state index contributed by atoms with van der Waals surface area (Å²) < 4.78 is 18.3. The first kappa shape index (κ1) is 15.3. The first-order valence-electron chi connectivity index (χ1n) is 7.21. The van der Waals surface area contributed by atoms with Gasteiger partial charge in [0.25, 0.3) is 0 Å². The van der Waals surface area contributed by atoms with E-state index in [1.807, 2.05) is 0 Å². The van der Waals surface area contributed by atoms with Crippen LogP contribution in [-0.2, 0) is 0 Å². The molecule has 0 bridgehead atoms. The van der Waals surface area contributed by atoms with Crippen molar-refractivity contribution in [1.29, 1.82) is 0 Å². The minimum absolute atomic E-state index is 0.244. The second-order valence-electron chi connectivity index (χ2n) is 5.03. The standard InChI is InChI=1S/C17H16FN3O2/c18-13-6-4-12(5-7-13)16(17-19-8-2-9-20-17)21-11-14(22)15-3-1-10-23-15/h1-10,14,16,21-22H,11H2. The van der Waals surface area contributed by atoms with Crippen molar-refractivity contribution in [3.63, 3.8) is 0 Å². The van der Waals surface area contributed by atoms with Gasteiger partial charge >= 0.3 is 0 Å². The first-order valence-corrected chi connectivity index (χ1v) is 7.21. The summed E-state index contributed by atoms with van der Waals surface area (Å²) in [4.78, 5) is 8.49. The van der Waals surface area contributed by atoms with Gasteiger partial charge in [0.05, 0.1) is 12.3 Å². The van der Waals surface area contributed by atoms with Gasteiger partial charge < -0.3 is 14.8 Å². The number of hydrogen-bond acceptors (Lipinski definition) is 5. The number of benzene rings is 1. The fourth-order valence-electron chi connectivity index (χ4n) is 2.28. The average molecular weight is 313 g/mol. The Balaban J connectivity index is 1.79. The van der Waals surface area contributed by atoms with Crippen molar-refractivity contribution in [3.05, 3.63) is 84.1 Å². The Bertz CT molecular complexity index is 717. The Kier molecular flexibility index (Phi) is 4.75. The fraction of sp³-hybridized carbons (Fsp3) is 0.176. The highest BCUT2D eigenvalue weighted by Gasteiger charge is 2.19. The zero-order chi connectivity index (χ0) is 16.1. The molecule has 3 rings (SSSR count). The smallest absolute Gasteiger partial charge is 0.149 e. The highest BCUT2D eigenvalue weighted by molar-refractivity contribution is 5.25. The number of nitrogens with one attached hydrogen (secondary N) is 1. The lowest BCUT2D eigenvalue weighted by atomic mass is 10.1. The van der Waals surface area contributed by atoms with Crippen LogP contribution in [0.3, 0.4) is 0 Å². The van der Waals surface area contributed by atoms with Gasteiger partial charge in [-0.05, 0) is 35.9 Å². The number of rotatable bonds is 6. The normalized spacial score (nSPS) is 13.7. The van der Waals surface area contributed by atoms with Crippen molar-refractivity contribution in [1.82, 2.24) is 15.3 Å². The van der Waals surface area contributed by atoms with Crippen LogP contribution in [0.15, 0.2) is 65.5 Å². The van der Waals surface area contributed by atoms with Crippen molar-refractivity contribution in [3.8, 4) is 0 Å². The van der Waals surface area contributed by atoms with Gasteiger partial charge in [-0.2, -0.15) is 0 Å². The Hall–Kier alpha value is -2.57. The molecule has 1 aromatic carbocycles. The topological polar surface area (TPSA) is 71.2 Å². The molecule has 0 aliphatic heterocycles. The Morgan fingerprint density at radius 3 is 2.48 bits per heavy atom. The van der Waals surface area contributed by atoms with E-state index in [9.17, 15) is 9.50 Å². The summed E-state index contributed by atoms with van der Waals surface area (Å²) >= 11 is 0. The zero-order valence-corrected chi connectivity index (χ0v) is 12.3. The van der Waals surface area contributed by atoms with Gasteiger partial charge in [0.1, 0.15) is 23.5 Å². The summed E-state index contributed by atoms with van der Waals surface area (Å²) in [6.07, 6.45) is 4.00. The minimum atomic E-state index is -0.795. The van der Waals surface area contributed by atoms with Crippen LogP contribution in [0, 0.1) is 5.82 Å². The molecule has 0 aliphatic carbocycles. The van der Waals surface area contributed by atoms with E-state index in [0.717, 1.165) is 5.56 Å². The molecule has 2 heterocycles. The molecule has 118 valence electrons. The summed E-state index contributed by atoms with van der Waals surface area (Å²) in [7, 11) is 0. The molecule has 0 radical (unpaired) electrons. The third-order valence-corrected chi connectivity index (χ3v) is 3.43. The fourth-order valence-corrected chi connectivity index (χ4v) is 2.28. The molecule has 6 heteroatoms. The molecule has 2 aromatic heterocycles. The molecule has 0 fully saturated rings. The lowest BCUT2D eigenvalue weighted by Gasteiger charge is -2.19. The molecule has 0 spiro atoms. The average Bonchev–Trinajstić information content (AvgIpc) is 3.12. The predicted molar refractivity (Wildman–Crippen MR) is 81.9 cm³/mol. The van der Waals surface area contributed by atoms with Gasteiger partial charge in [0, 0.05) is 18.9 Å². The third-order valence-electron chi connectivity index (χ3n) is 3.43. The van der Waals surface area contributed by atoms with E-state index in [4.69, 9.17) is 4.42 Å². The van der Waals surface area contributed by atoms with E-state index in [-0.39, 0.29) is 18.4 Å². The van der Waals surface area contributed by atoms with Gasteiger partial charge in [-0.25, -0.2) is 14.4 Å². The molecule has 0 aliphatic rings. The molecule has 23 heavy (non-hydrogen) atoms. The van der Waals surface area contributed by atoms with Gasteiger partial charge in [-0.1, -0.05) is 12.1 Å². The number of nitrogens with zero attached hydrogens (tertiary/aromatic N) is 2. The highest BCUT2D eigenvalue weighted by Crippen LogP contribution is 2.20. The van der Waals surface area contributed by atoms with Gasteiger partial charge in [0.15, 0.2) is 0 Å². The Labute approximate surface area is 132 Å². The minimum Gasteiger partial charge on any atom is -0.467 e. The monoisotopic (exact) mass is 313 g/mol. The number of aliphatic hydroxyl groups excluding tert-OH is 1. The Morgan fingerprint density at radius 1 is 1.09 bits per heavy atom. The van der Waals surface area contributed by atoms with E-state index in [2.05, 4.69) is 15.3 Å². The lowest BCUT2D eigenvalue weighted by molar-refractivity contribution is 0.144. The van der Waals surface area contributed by atoms with E-state index in [1.54, 1.807) is 42.7 Å². The lowest BCUT2D eigenvalue weighted by Crippen LogP contribution is -2.28. The highest BCUT2D eigenvalue weighted by atomic mass is 19.1. The van der Waals surface area contributed by atoms with Crippen molar-refractivity contribution >= 4 is 0 Å². The van der Waals surface area contributed by atoms with Crippen LogP contribution >= 0.6 is 0 Å². The second kappa shape index (κ2) is 7.13. The largest absolute Gasteiger partial charge is 0.467 e.